The number of hydrogen-bond donors (Lipinski definition) is 1. The molecule has 0 unspecified atom stereocenters. The molecule has 118 valence electrons. The average molecular weight is 329 g/mol. The van der Waals surface area contributed by atoms with Crippen LogP contribution in [0.1, 0.15) is 18.5 Å². The van der Waals surface area contributed by atoms with Gasteiger partial charge in [-0.15, -0.1) is 12.4 Å². The zero-order chi connectivity index (χ0) is 15.2. The highest BCUT2D eigenvalue weighted by molar-refractivity contribution is 6.08. The molecule has 0 aliphatic heterocycles. The molecule has 0 spiro atoms. The Bertz CT molecular complexity index is 808. The number of rotatable bonds is 2. The fraction of sp³-hybridized carbons (Fsp3) is 0.250. The molecule has 3 rings (SSSR count). The van der Waals surface area contributed by atoms with Crippen LogP contribution in [0.4, 0.5) is 13.2 Å². The summed E-state index contributed by atoms with van der Waals surface area (Å²) < 4.78 is 40.5. The minimum absolute atomic E-state index is 0. The normalized spacial score (nSPS) is 13.3. The highest BCUT2D eigenvalue weighted by atomic mass is 35.5. The molecular weight excluding hydrogens is 313 g/mol. The van der Waals surface area contributed by atoms with Gasteiger partial charge in [-0.3, -0.25) is 0 Å². The van der Waals surface area contributed by atoms with Crippen LogP contribution in [0, 0.1) is 0 Å². The second-order valence-corrected chi connectivity index (χ2v) is 5.06. The van der Waals surface area contributed by atoms with Gasteiger partial charge in [0.2, 0.25) is 0 Å². The van der Waals surface area contributed by atoms with Gasteiger partial charge in [-0.05, 0) is 30.7 Å². The summed E-state index contributed by atoms with van der Waals surface area (Å²) >= 11 is 0. The minimum Gasteiger partial charge on any atom is -0.341 e. The van der Waals surface area contributed by atoms with Gasteiger partial charge in [-0.1, -0.05) is 24.3 Å². The molecule has 2 N–H and O–H groups in total. The van der Waals surface area contributed by atoms with Crippen molar-refractivity contribution in [3.05, 3.63) is 48.0 Å². The molecule has 2 aromatic carbocycles. The van der Waals surface area contributed by atoms with E-state index in [1.807, 2.05) is 31.2 Å². The number of alkyl halides is 3. The molecule has 0 fully saturated rings. The summed E-state index contributed by atoms with van der Waals surface area (Å²) in [4.78, 5) is 0. The molecule has 0 radical (unpaired) electrons. The van der Waals surface area contributed by atoms with E-state index in [0.717, 1.165) is 28.4 Å². The predicted molar refractivity (Wildman–Crippen MR) is 85.3 cm³/mol. The average Bonchev–Trinajstić information content (AvgIpc) is 2.78. The Kier molecular flexibility index (Phi) is 4.40. The molecular formula is C16H16ClF3N2. The van der Waals surface area contributed by atoms with Gasteiger partial charge >= 0.3 is 6.18 Å². The lowest BCUT2D eigenvalue weighted by atomic mass is 10.0. The van der Waals surface area contributed by atoms with Crippen LogP contribution in [0.25, 0.3) is 21.8 Å². The van der Waals surface area contributed by atoms with Crippen molar-refractivity contribution >= 4 is 34.2 Å². The molecule has 0 saturated carbocycles. The molecule has 0 bridgehead atoms. The van der Waals surface area contributed by atoms with Crippen molar-refractivity contribution in [2.75, 3.05) is 0 Å². The molecule has 0 amide bonds. The molecule has 1 heterocycles. The number of aryl methyl sites for hydroxylation is 1. The van der Waals surface area contributed by atoms with E-state index in [1.54, 1.807) is 12.1 Å². The summed E-state index contributed by atoms with van der Waals surface area (Å²) in [6, 6.07) is 10.5. The molecule has 6 heteroatoms. The molecule has 0 aliphatic carbocycles. The number of nitrogens with zero attached hydrogens (tertiary/aromatic N) is 1. The zero-order valence-corrected chi connectivity index (χ0v) is 12.7. The third-order valence-electron chi connectivity index (χ3n) is 3.82. The second kappa shape index (κ2) is 5.82. The molecule has 22 heavy (non-hydrogen) atoms. The summed E-state index contributed by atoms with van der Waals surface area (Å²) in [5.74, 6) is 0. The number of benzene rings is 2. The molecule has 1 aromatic heterocycles. The van der Waals surface area contributed by atoms with Gasteiger partial charge in [0.25, 0.3) is 0 Å². The smallest absolute Gasteiger partial charge is 0.341 e. The summed E-state index contributed by atoms with van der Waals surface area (Å²) in [6.45, 7) is 2.77. The van der Waals surface area contributed by atoms with E-state index < -0.39 is 12.2 Å². The van der Waals surface area contributed by atoms with Crippen LogP contribution in [0.15, 0.2) is 42.5 Å². The van der Waals surface area contributed by atoms with Crippen molar-refractivity contribution in [2.45, 2.75) is 25.7 Å². The number of hydrogen-bond acceptors (Lipinski definition) is 1. The minimum atomic E-state index is -4.43. The van der Waals surface area contributed by atoms with Crippen LogP contribution in [0.3, 0.4) is 0 Å². The van der Waals surface area contributed by atoms with Gasteiger partial charge in [0.15, 0.2) is 0 Å². The number of halogens is 4. The Morgan fingerprint density at radius 2 is 1.68 bits per heavy atom. The monoisotopic (exact) mass is 328 g/mol. The van der Waals surface area contributed by atoms with Gasteiger partial charge < -0.3 is 10.3 Å². The van der Waals surface area contributed by atoms with Crippen molar-refractivity contribution in [1.29, 1.82) is 0 Å². The largest absolute Gasteiger partial charge is 0.407 e. The number of fused-ring (bicyclic) bond motifs is 3. The van der Waals surface area contributed by atoms with Crippen LogP contribution in [0.5, 0.6) is 0 Å². The summed E-state index contributed by atoms with van der Waals surface area (Å²) in [6.07, 6.45) is -4.43. The molecule has 0 aliphatic rings. The van der Waals surface area contributed by atoms with E-state index in [-0.39, 0.29) is 18.0 Å². The van der Waals surface area contributed by atoms with Crippen LogP contribution < -0.4 is 5.73 Å². The predicted octanol–water partition coefficient (Wildman–Crippen LogP) is 4.80. The number of nitrogens with two attached hydrogens (primary N) is 1. The molecule has 3 aromatic rings. The lowest BCUT2D eigenvalue weighted by Crippen LogP contribution is -2.28. The van der Waals surface area contributed by atoms with E-state index in [0.29, 0.717) is 0 Å². The molecule has 2 nitrogen and oxygen atoms in total. The maximum Gasteiger partial charge on any atom is 0.407 e. The first-order chi connectivity index (χ1) is 9.93. The zero-order valence-electron chi connectivity index (χ0n) is 11.9. The van der Waals surface area contributed by atoms with E-state index in [9.17, 15) is 13.2 Å². The topological polar surface area (TPSA) is 30.9 Å². The first-order valence-corrected chi connectivity index (χ1v) is 6.76. The maximum atomic E-state index is 12.8. The Labute approximate surface area is 132 Å². The van der Waals surface area contributed by atoms with Crippen molar-refractivity contribution in [3.63, 3.8) is 0 Å². The van der Waals surface area contributed by atoms with Crippen LogP contribution in [-0.4, -0.2) is 10.7 Å². The lowest BCUT2D eigenvalue weighted by molar-refractivity contribution is -0.149. The van der Waals surface area contributed by atoms with Gasteiger partial charge in [0.1, 0.15) is 6.04 Å². The Balaban J connectivity index is 0.00000176. The van der Waals surface area contributed by atoms with Crippen LogP contribution in [-0.2, 0) is 6.54 Å². The summed E-state index contributed by atoms with van der Waals surface area (Å²) in [5.41, 5.74) is 7.35. The number of aromatic nitrogens is 1. The third-order valence-corrected chi connectivity index (χ3v) is 3.82. The second-order valence-electron chi connectivity index (χ2n) is 5.06. The first kappa shape index (κ1) is 16.6. The third kappa shape index (κ3) is 2.55. The van der Waals surface area contributed by atoms with Crippen LogP contribution >= 0.6 is 12.4 Å². The van der Waals surface area contributed by atoms with Crippen molar-refractivity contribution < 1.29 is 13.2 Å². The number of para-hydroxylation sites is 1. The van der Waals surface area contributed by atoms with E-state index in [1.165, 1.54) is 6.07 Å². The fourth-order valence-corrected chi connectivity index (χ4v) is 2.79. The highest BCUT2D eigenvalue weighted by Crippen LogP contribution is 2.35. The van der Waals surface area contributed by atoms with E-state index in [2.05, 4.69) is 4.57 Å². The Morgan fingerprint density at radius 1 is 1.05 bits per heavy atom. The SMILES string of the molecule is CCn1c2ccccc2c2cc([C@@H](N)C(F)(F)F)ccc21.Cl. The summed E-state index contributed by atoms with van der Waals surface area (Å²) in [5, 5.41) is 1.76. The van der Waals surface area contributed by atoms with Crippen LogP contribution in [0.2, 0.25) is 0 Å². The first-order valence-electron chi connectivity index (χ1n) is 6.76. The van der Waals surface area contributed by atoms with Gasteiger partial charge in [-0.25, -0.2) is 0 Å². The lowest BCUT2D eigenvalue weighted by Gasteiger charge is -2.16. The van der Waals surface area contributed by atoms with Crippen molar-refractivity contribution in [1.82, 2.24) is 4.57 Å². The van der Waals surface area contributed by atoms with E-state index in [4.69, 9.17) is 5.73 Å². The maximum absolute atomic E-state index is 12.8. The standard InChI is InChI=1S/C16H15F3N2.ClH/c1-2-21-13-6-4-3-5-11(13)12-9-10(7-8-14(12)21)15(20)16(17,18)19;/h3-9,15H,2,20H2,1H3;1H/t15-;/m1./s1. The quantitative estimate of drug-likeness (QED) is 0.720. The van der Waals surface area contributed by atoms with Gasteiger partial charge in [0, 0.05) is 28.4 Å². The Hall–Kier alpha value is -1.72. The Morgan fingerprint density at radius 3 is 2.32 bits per heavy atom. The van der Waals surface area contributed by atoms with Gasteiger partial charge in [-0.2, -0.15) is 13.2 Å². The summed E-state index contributed by atoms with van der Waals surface area (Å²) in [7, 11) is 0. The highest BCUT2D eigenvalue weighted by Gasteiger charge is 2.37. The fourth-order valence-electron chi connectivity index (χ4n) is 2.79. The van der Waals surface area contributed by atoms with Crippen molar-refractivity contribution in [3.8, 4) is 0 Å². The molecule has 1 atom stereocenters. The van der Waals surface area contributed by atoms with Crippen molar-refractivity contribution in [2.24, 2.45) is 5.73 Å². The van der Waals surface area contributed by atoms with E-state index >= 15 is 0 Å². The molecule has 0 saturated heterocycles. The van der Waals surface area contributed by atoms with Gasteiger partial charge in [0.05, 0.1) is 0 Å².